The van der Waals surface area contributed by atoms with E-state index in [0.717, 1.165) is 11.9 Å². The van der Waals surface area contributed by atoms with E-state index < -0.39 is 0 Å². The van der Waals surface area contributed by atoms with Gasteiger partial charge in [0.25, 0.3) is 0 Å². The molecule has 0 saturated carbocycles. The number of thioether (sulfide) groups is 1. The topological polar surface area (TPSA) is 17.1 Å². The summed E-state index contributed by atoms with van der Waals surface area (Å²) in [6.45, 7) is 3.92. The molecule has 1 atom stereocenters. The van der Waals surface area contributed by atoms with Crippen molar-refractivity contribution in [3.05, 3.63) is 12.2 Å². The number of carbonyl (C=O) groups is 1. The van der Waals surface area contributed by atoms with Crippen molar-refractivity contribution < 1.29 is 4.79 Å². The molecule has 0 aromatic carbocycles. The number of carbonyl (C=O) groups excluding carboxylic acids is 1. The molecule has 1 rings (SSSR count). The highest BCUT2D eigenvalue weighted by atomic mass is 32.2. The van der Waals surface area contributed by atoms with Crippen molar-refractivity contribution in [1.29, 1.82) is 0 Å². The molecule has 1 unspecified atom stereocenters. The molecule has 0 aliphatic carbocycles. The summed E-state index contributed by atoms with van der Waals surface area (Å²) in [4.78, 5) is 10.2. The molecule has 1 fully saturated rings. The third-order valence-corrected chi connectivity index (χ3v) is 3.30. The van der Waals surface area contributed by atoms with E-state index in [1.807, 2.05) is 11.8 Å². The molecule has 0 N–H and O–H groups in total. The average Bonchev–Trinajstić information content (AvgIpc) is 2.07. The summed E-state index contributed by atoms with van der Waals surface area (Å²) in [7, 11) is 0. The molecule has 0 radical (unpaired) electrons. The molecule has 0 amide bonds. The molecule has 0 aromatic heterocycles. The molecule has 0 bridgehead atoms. The van der Waals surface area contributed by atoms with Gasteiger partial charge in [0, 0.05) is 6.42 Å². The van der Waals surface area contributed by atoms with Crippen LogP contribution in [0, 0.1) is 5.92 Å². The van der Waals surface area contributed by atoms with Crippen molar-refractivity contribution in [3.8, 4) is 0 Å². The second kappa shape index (κ2) is 4.60. The number of allylic oxidation sites excluding steroid dienone is 1. The number of hydrogen-bond donors (Lipinski definition) is 0. The Hall–Kier alpha value is -0.240. The quantitative estimate of drug-likeness (QED) is 0.477. The number of rotatable bonds is 3. The first-order valence-corrected chi connectivity index (χ1v) is 5.19. The van der Waals surface area contributed by atoms with Crippen LogP contribution in [0.1, 0.15) is 19.3 Å². The molecular formula is C9H14OS. The van der Waals surface area contributed by atoms with Crippen molar-refractivity contribution in [2.24, 2.45) is 5.92 Å². The van der Waals surface area contributed by atoms with Crippen LogP contribution in [0.3, 0.4) is 0 Å². The Bertz CT molecular complexity index is 148. The van der Waals surface area contributed by atoms with Crippen molar-refractivity contribution in [1.82, 2.24) is 0 Å². The van der Waals surface area contributed by atoms with Gasteiger partial charge >= 0.3 is 0 Å². The van der Waals surface area contributed by atoms with Crippen LogP contribution in [0.25, 0.3) is 0 Å². The van der Waals surface area contributed by atoms with Gasteiger partial charge in [-0.3, -0.25) is 0 Å². The van der Waals surface area contributed by atoms with Crippen molar-refractivity contribution in [3.63, 3.8) is 0 Å². The second-order valence-corrected chi connectivity index (χ2v) is 4.09. The Morgan fingerprint density at radius 1 is 1.73 bits per heavy atom. The minimum absolute atomic E-state index is 0.561. The monoisotopic (exact) mass is 170 g/mol. The summed E-state index contributed by atoms with van der Waals surface area (Å²) < 4.78 is 0. The maximum atomic E-state index is 10.2. The first-order valence-electron chi connectivity index (χ1n) is 4.03. The third-order valence-electron chi connectivity index (χ3n) is 2.08. The Labute approximate surface area is 72.2 Å². The fourth-order valence-electron chi connectivity index (χ4n) is 1.34. The molecule has 1 aliphatic heterocycles. The summed E-state index contributed by atoms with van der Waals surface area (Å²) >= 11 is 1.98. The minimum atomic E-state index is 0.561. The van der Waals surface area contributed by atoms with E-state index in [-0.39, 0.29) is 0 Å². The van der Waals surface area contributed by atoms with E-state index >= 15 is 0 Å². The fraction of sp³-hybridized carbons (Fsp3) is 0.667. The van der Waals surface area contributed by atoms with Crippen LogP contribution < -0.4 is 0 Å². The van der Waals surface area contributed by atoms with Gasteiger partial charge in [0.15, 0.2) is 0 Å². The molecule has 11 heavy (non-hydrogen) atoms. The van der Waals surface area contributed by atoms with Gasteiger partial charge in [0.1, 0.15) is 6.29 Å². The smallest absolute Gasteiger partial charge is 0.124 e. The maximum Gasteiger partial charge on any atom is 0.124 e. The Balaban J connectivity index is 2.32. The van der Waals surface area contributed by atoms with Gasteiger partial charge in [-0.2, -0.15) is 11.8 Å². The fourth-order valence-corrected chi connectivity index (χ4v) is 2.56. The lowest BCUT2D eigenvalue weighted by molar-refractivity contribution is -0.107. The van der Waals surface area contributed by atoms with E-state index in [1.54, 1.807) is 0 Å². The lowest BCUT2D eigenvalue weighted by Crippen LogP contribution is -2.12. The molecule has 1 saturated heterocycles. The molecule has 1 aliphatic rings. The molecule has 2 heteroatoms. The van der Waals surface area contributed by atoms with E-state index in [4.69, 9.17) is 0 Å². The van der Waals surface area contributed by atoms with Gasteiger partial charge in [-0.25, -0.2) is 0 Å². The molecular weight excluding hydrogens is 156 g/mol. The first kappa shape index (κ1) is 8.85. The van der Waals surface area contributed by atoms with Crippen LogP contribution in [0.5, 0.6) is 0 Å². The van der Waals surface area contributed by atoms with Crippen LogP contribution in [-0.2, 0) is 4.79 Å². The summed E-state index contributed by atoms with van der Waals surface area (Å²) in [5.74, 6) is 3.07. The Morgan fingerprint density at radius 3 is 3.09 bits per heavy atom. The molecule has 1 heterocycles. The molecule has 1 nitrogen and oxygen atoms in total. The van der Waals surface area contributed by atoms with Crippen molar-refractivity contribution in [2.75, 3.05) is 11.5 Å². The van der Waals surface area contributed by atoms with Crippen LogP contribution >= 0.6 is 11.8 Å². The zero-order chi connectivity index (χ0) is 8.10. The summed E-state index contributed by atoms with van der Waals surface area (Å²) in [5.41, 5.74) is 1.13. The SMILES string of the molecule is C=C(CC=O)C1CCCSC1. The number of hydrogen-bond acceptors (Lipinski definition) is 2. The van der Waals surface area contributed by atoms with Crippen LogP contribution in [-0.4, -0.2) is 17.8 Å². The summed E-state index contributed by atoms with van der Waals surface area (Å²) in [6, 6.07) is 0. The second-order valence-electron chi connectivity index (χ2n) is 2.94. The lowest BCUT2D eigenvalue weighted by atomic mass is 9.95. The van der Waals surface area contributed by atoms with Crippen molar-refractivity contribution >= 4 is 18.0 Å². The van der Waals surface area contributed by atoms with Gasteiger partial charge < -0.3 is 4.79 Å². The van der Waals surface area contributed by atoms with Gasteiger partial charge in [-0.05, 0) is 30.3 Å². The van der Waals surface area contributed by atoms with Gasteiger partial charge in [-0.1, -0.05) is 12.2 Å². The third kappa shape index (κ3) is 2.70. The highest BCUT2D eigenvalue weighted by Crippen LogP contribution is 2.28. The lowest BCUT2D eigenvalue weighted by Gasteiger charge is -2.22. The number of aldehydes is 1. The van der Waals surface area contributed by atoms with Crippen LogP contribution in [0.2, 0.25) is 0 Å². The van der Waals surface area contributed by atoms with Gasteiger partial charge in [-0.15, -0.1) is 0 Å². The van der Waals surface area contributed by atoms with E-state index in [2.05, 4.69) is 6.58 Å². The zero-order valence-electron chi connectivity index (χ0n) is 6.71. The van der Waals surface area contributed by atoms with Crippen molar-refractivity contribution in [2.45, 2.75) is 19.3 Å². The van der Waals surface area contributed by atoms with E-state index in [1.165, 1.54) is 24.3 Å². The summed E-state index contributed by atoms with van der Waals surface area (Å²) in [5, 5.41) is 0. The Kier molecular flexibility index (Phi) is 3.70. The standard InChI is InChI=1S/C9H14OS/c1-8(4-5-10)9-3-2-6-11-7-9/h5,9H,1-4,6-7H2. The van der Waals surface area contributed by atoms with E-state index in [9.17, 15) is 4.79 Å². The normalized spacial score (nSPS) is 24.5. The largest absolute Gasteiger partial charge is 0.303 e. The van der Waals surface area contributed by atoms with Crippen LogP contribution in [0.4, 0.5) is 0 Å². The minimum Gasteiger partial charge on any atom is -0.303 e. The average molecular weight is 170 g/mol. The predicted octanol–water partition coefficient (Wildman–Crippen LogP) is 2.27. The zero-order valence-corrected chi connectivity index (χ0v) is 7.53. The highest BCUT2D eigenvalue weighted by Gasteiger charge is 2.15. The highest BCUT2D eigenvalue weighted by molar-refractivity contribution is 7.99. The Morgan fingerprint density at radius 2 is 2.55 bits per heavy atom. The maximum absolute atomic E-state index is 10.2. The van der Waals surface area contributed by atoms with Gasteiger partial charge in [0.05, 0.1) is 0 Å². The first-order chi connectivity index (χ1) is 5.34. The predicted molar refractivity (Wildman–Crippen MR) is 49.9 cm³/mol. The summed E-state index contributed by atoms with van der Waals surface area (Å²) in [6.07, 6.45) is 4.04. The molecule has 0 aromatic rings. The van der Waals surface area contributed by atoms with E-state index in [0.29, 0.717) is 12.3 Å². The van der Waals surface area contributed by atoms with Crippen LogP contribution in [0.15, 0.2) is 12.2 Å². The van der Waals surface area contributed by atoms with Gasteiger partial charge in [0.2, 0.25) is 0 Å². The molecule has 62 valence electrons. The molecule has 0 spiro atoms.